The number of hydrogen-bond donors (Lipinski definition) is 0. The SMILES string of the molecule is CCCC(C)(OC)C(F)(F)C(C)(CC)OC. The van der Waals surface area contributed by atoms with E-state index in [1.54, 1.807) is 6.92 Å². The molecular formula is C12H24F2O2. The lowest BCUT2D eigenvalue weighted by Crippen LogP contribution is -2.61. The molecule has 0 bridgehead atoms. The second-order valence-electron chi connectivity index (χ2n) is 4.55. The number of halogens is 2. The van der Waals surface area contributed by atoms with Gasteiger partial charge in [-0.05, 0) is 26.7 Å². The Bertz CT molecular complexity index is 215. The molecule has 0 saturated carbocycles. The molecule has 0 aliphatic rings. The first-order valence-corrected chi connectivity index (χ1v) is 5.72. The van der Waals surface area contributed by atoms with Gasteiger partial charge in [0.1, 0.15) is 11.2 Å². The predicted octanol–water partition coefficient (Wildman–Crippen LogP) is 3.64. The van der Waals surface area contributed by atoms with Crippen molar-refractivity contribution in [2.24, 2.45) is 0 Å². The molecule has 0 aliphatic heterocycles. The average molecular weight is 238 g/mol. The molecule has 2 unspecified atom stereocenters. The third-order valence-corrected chi connectivity index (χ3v) is 3.63. The second kappa shape index (κ2) is 5.41. The highest BCUT2D eigenvalue weighted by Crippen LogP contribution is 2.46. The van der Waals surface area contributed by atoms with Crippen molar-refractivity contribution < 1.29 is 18.3 Å². The lowest BCUT2D eigenvalue weighted by atomic mass is 9.80. The third-order valence-electron chi connectivity index (χ3n) is 3.63. The van der Waals surface area contributed by atoms with Crippen LogP contribution in [0.4, 0.5) is 8.78 Å². The minimum Gasteiger partial charge on any atom is -0.372 e. The highest BCUT2D eigenvalue weighted by Gasteiger charge is 2.61. The van der Waals surface area contributed by atoms with Crippen molar-refractivity contribution in [3.05, 3.63) is 0 Å². The molecule has 0 N–H and O–H groups in total. The van der Waals surface area contributed by atoms with Crippen LogP contribution in [-0.2, 0) is 9.47 Å². The molecule has 0 rings (SSSR count). The van der Waals surface area contributed by atoms with Gasteiger partial charge in [0.2, 0.25) is 0 Å². The van der Waals surface area contributed by atoms with Crippen LogP contribution >= 0.6 is 0 Å². The first kappa shape index (κ1) is 15.8. The van der Waals surface area contributed by atoms with Gasteiger partial charge in [0.25, 0.3) is 0 Å². The van der Waals surface area contributed by atoms with Gasteiger partial charge in [-0.3, -0.25) is 0 Å². The summed E-state index contributed by atoms with van der Waals surface area (Å²) in [5.74, 6) is -3.03. The van der Waals surface area contributed by atoms with Crippen LogP contribution in [0.25, 0.3) is 0 Å². The molecule has 0 radical (unpaired) electrons. The molecule has 98 valence electrons. The quantitative estimate of drug-likeness (QED) is 0.674. The van der Waals surface area contributed by atoms with Crippen molar-refractivity contribution in [1.29, 1.82) is 0 Å². The van der Waals surface area contributed by atoms with Gasteiger partial charge in [-0.25, -0.2) is 8.78 Å². The standard InChI is InChI=1S/C12H24F2O2/c1-7-9-11(4,16-6)12(13,14)10(3,8-2)15-5/h7-9H2,1-6H3. The molecule has 0 saturated heterocycles. The minimum atomic E-state index is -3.03. The minimum absolute atomic E-state index is 0.235. The van der Waals surface area contributed by atoms with Gasteiger partial charge in [0.05, 0.1) is 0 Å². The molecule has 0 aromatic carbocycles. The van der Waals surface area contributed by atoms with Gasteiger partial charge in [-0.15, -0.1) is 0 Å². The number of rotatable bonds is 7. The number of methoxy groups -OCH3 is 2. The van der Waals surface area contributed by atoms with E-state index in [2.05, 4.69) is 0 Å². The van der Waals surface area contributed by atoms with Crippen LogP contribution in [0.5, 0.6) is 0 Å². The summed E-state index contributed by atoms with van der Waals surface area (Å²) in [6.07, 6.45) is 1.18. The molecule has 2 atom stereocenters. The lowest BCUT2D eigenvalue weighted by Gasteiger charge is -2.45. The third kappa shape index (κ3) is 2.38. The summed E-state index contributed by atoms with van der Waals surface area (Å²) in [7, 11) is 2.65. The van der Waals surface area contributed by atoms with E-state index in [1.165, 1.54) is 28.1 Å². The zero-order valence-electron chi connectivity index (χ0n) is 11.2. The zero-order chi connectivity index (χ0) is 13.0. The largest absolute Gasteiger partial charge is 0.372 e. The van der Waals surface area contributed by atoms with Crippen molar-refractivity contribution in [1.82, 2.24) is 0 Å². The van der Waals surface area contributed by atoms with Gasteiger partial charge in [0.15, 0.2) is 0 Å². The smallest absolute Gasteiger partial charge is 0.304 e. The summed E-state index contributed by atoms with van der Waals surface area (Å²) >= 11 is 0. The fraction of sp³-hybridized carbons (Fsp3) is 1.00. The normalized spacial score (nSPS) is 20.2. The number of hydrogen-bond acceptors (Lipinski definition) is 2. The van der Waals surface area contributed by atoms with Crippen molar-refractivity contribution in [3.63, 3.8) is 0 Å². The molecule has 0 spiro atoms. The summed E-state index contributed by atoms with van der Waals surface area (Å²) < 4.78 is 39.0. The van der Waals surface area contributed by atoms with Gasteiger partial charge in [-0.1, -0.05) is 20.3 Å². The molecule has 0 aromatic rings. The molecule has 0 aromatic heterocycles. The van der Waals surface area contributed by atoms with E-state index in [4.69, 9.17) is 9.47 Å². The van der Waals surface area contributed by atoms with Crippen LogP contribution in [-0.4, -0.2) is 31.3 Å². The number of ether oxygens (including phenoxy) is 2. The first-order chi connectivity index (χ1) is 7.24. The first-order valence-electron chi connectivity index (χ1n) is 5.72. The second-order valence-corrected chi connectivity index (χ2v) is 4.55. The molecule has 0 aliphatic carbocycles. The Morgan fingerprint density at radius 2 is 1.38 bits per heavy atom. The zero-order valence-corrected chi connectivity index (χ0v) is 11.2. The van der Waals surface area contributed by atoms with E-state index in [9.17, 15) is 8.78 Å². The summed E-state index contributed by atoms with van der Waals surface area (Å²) in [6.45, 7) is 6.44. The molecule has 0 fully saturated rings. The van der Waals surface area contributed by atoms with Crippen LogP contribution in [0.2, 0.25) is 0 Å². The van der Waals surface area contributed by atoms with Crippen LogP contribution in [0.1, 0.15) is 47.0 Å². The lowest BCUT2D eigenvalue weighted by molar-refractivity contribution is -0.280. The fourth-order valence-electron chi connectivity index (χ4n) is 1.92. The summed E-state index contributed by atoms with van der Waals surface area (Å²) in [5, 5.41) is 0. The van der Waals surface area contributed by atoms with Gasteiger partial charge < -0.3 is 9.47 Å². The molecule has 2 nitrogen and oxygen atoms in total. The Labute approximate surface area is 97.3 Å². The Morgan fingerprint density at radius 1 is 0.938 bits per heavy atom. The molecular weight excluding hydrogens is 214 g/mol. The Balaban J connectivity index is 5.27. The van der Waals surface area contributed by atoms with Crippen LogP contribution in [0.15, 0.2) is 0 Å². The summed E-state index contributed by atoms with van der Waals surface area (Å²) in [5.41, 5.74) is -2.98. The fourth-order valence-corrected chi connectivity index (χ4v) is 1.92. The summed E-state index contributed by atoms with van der Waals surface area (Å²) in [4.78, 5) is 0. The highest BCUT2D eigenvalue weighted by atomic mass is 19.3. The predicted molar refractivity (Wildman–Crippen MR) is 61.0 cm³/mol. The molecule has 16 heavy (non-hydrogen) atoms. The highest BCUT2D eigenvalue weighted by molar-refractivity contribution is 5.03. The van der Waals surface area contributed by atoms with Crippen LogP contribution in [0, 0.1) is 0 Å². The van der Waals surface area contributed by atoms with Crippen molar-refractivity contribution in [2.45, 2.75) is 64.1 Å². The van der Waals surface area contributed by atoms with Gasteiger partial charge in [0, 0.05) is 14.2 Å². The van der Waals surface area contributed by atoms with E-state index in [-0.39, 0.29) is 6.42 Å². The number of alkyl halides is 2. The van der Waals surface area contributed by atoms with E-state index in [0.717, 1.165) is 0 Å². The Hall–Kier alpha value is -0.220. The Kier molecular flexibility index (Phi) is 5.33. The average Bonchev–Trinajstić information content (AvgIpc) is 2.27. The molecule has 4 heteroatoms. The van der Waals surface area contributed by atoms with Gasteiger partial charge in [-0.2, -0.15) is 0 Å². The van der Waals surface area contributed by atoms with Crippen LogP contribution < -0.4 is 0 Å². The van der Waals surface area contributed by atoms with Crippen molar-refractivity contribution in [2.75, 3.05) is 14.2 Å². The van der Waals surface area contributed by atoms with Crippen molar-refractivity contribution >= 4 is 0 Å². The van der Waals surface area contributed by atoms with E-state index in [0.29, 0.717) is 12.8 Å². The summed E-state index contributed by atoms with van der Waals surface area (Å²) in [6, 6.07) is 0. The molecule has 0 amide bonds. The Morgan fingerprint density at radius 3 is 1.62 bits per heavy atom. The van der Waals surface area contributed by atoms with E-state index < -0.39 is 17.1 Å². The maximum absolute atomic E-state index is 14.5. The molecule has 0 heterocycles. The van der Waals surface area contributed by atoms with E-state index in [1.807, 2.05) is 6.92 Å². The maximum atomic E-state index is 14.5. The van der Waals surface area contributed by atoms with Crippen molar-refractivity contribution in [3.8, 4) is 0 Å². The maximum Gasteiger partial charge on any atom is 0.304 e. The monoisotopic (exact) mass is 238 g/mol. The topological polar surface area (TPSA) is 18.5 Å². The van der Waals surface area contributed by atoms with E-state index >= 15 is 0 Å². The van der Waals surface area contributed by atoms with Crippen LogP contribution in [0.3, 0.4) is 0 Å². The van der Waals surface area contributed by atoms with Gasteiger partial charge >= 0.3 is 5.92 Å².